The Morgan fingerprint density at radius 2 is 1.04 bits per heavy atom. The smallest absolute Gasteiger partial charge is 0.311 e. The summed E-state index contributed by atoms with van der Waals surface area (Å²) in [7, 11) is 0. The van der Waals surface area contributed by atoms with Crippen molar-refractivity contribution in [2.75, 3.05) is 0 Å². The van der Waals surface area contributed by atoms with Gasteiger partial charge in [-0.3, -0.25) is 9.59 Å². The molecule has 0 bridgehead atoms. The highest BCUT2D eigenvalue weighted by Gasteiger charge is 2.09. The van der Waals surface area contributed by atoms with Crippen molar-refractivity contribution in [3.8, 4) is 11.5 Å². The van der Waals surface area contributed by atoms with E-state index in [0.717, 1.165) is 11.1 Å². The van der Waals surface area contributed by atoms with Crippen LogP contribution in [0.2, 0.25) is 0 Å². The average molecular weight is 312 g/mol. The summed E-state index contributed by atoms with van der Waals surface area (Å²) < 4.78 is 10.4. The van der Waals surface area contributed by atoms with E-state index in [0.29, 0.717) is 17.9 Å². The number of rotatable bonds is 6. The van der Waals surface area contributed by atoms with Gasteiger partial charge in [0.25, 0.3) is 0 Å². The van der Waals surface area contributed by atoms with Crippen LogP contribution >= 0.6 is 0 Å². The van der Waals surface area contributed by atoms with Gasteiger partial charge < -0.3 is 9.47 Å². The van der Waals surface area contributed by atoms with E-state index in [9.17, 15) is 9.59 Å². The van der Waals surface area contributed by atoms with E-state index in [1.54, 1.807) is 24.3 Å². The molecule has 0 aliphatic rings. The molecule has 0 aliphatic carbocycles. The van der Waals surface area contributed by atoms with E-state index >= 15 is 0 Å². The summed E-state index contributed by atoms with van der Waals surface area (Å²) in [6.45, 7) is 3.93. The molecule has 0 unspecified atom stereocenters. The lowest BCUT2D eigenvalue weighted by Crippen LogP contribution is -2.11. The molecule has 0 aromatic heterocycles. The molecular weight excluding hydrogens is 292 g/mol. The van der Waals surface area contributed by atoms with Gasteiger partial charge in [0.15, 0.2) is 0 Å². The first kappa shape index (κ1) is 16.7. The minimum absolute atomic E-state index is 0.177. The molecule has 0 amide bonds. The average Bonchev–Trinajstić information content (AvgIpc) is 2.52. The minimum atomic E-state index is -0.350. The zero-order chi connectivity index (χ0) is 16.7. The zero-order valence-electron chi connectivity index (χ0n) is 13.4. The molecule has 23 heavy (non-hydrogen) atoms. The second kappa shape index (κ2) is 8.13. The quantitative estimate of drug-likeness (QED) is 0.598. The fourth-order valence-electron chi connectivity index (χ4n) is 1.95. The molecule has 0 saturated heterocycles. The Morgan fingerprint density at radius 1 is 0.696 bits per heavy atom. The fourth-order valence-corrected chi connectivity index (χ4v) is 1.95. The van der Waals surface area contributed by atoms with Crippen molar-refractivity contribution in [1.29, 1.82) is 0 Å². The van der Waals surface area contributed by atoms with Crippen LogP contribution < -0.4 is 9.47 Å². The van der Waals surface area contributed by atoms with Crippen molar-refractivity contribution < 1.29 is 19.1 Å². The molecule has 0 fully saturated rings. The van der Waals surface area contributed by atoms with Crippen molar-refractivity contribution >= 4 is 11.9 Å². The van der Waals surface area contributed by atoms with E-state index in [-0.39, 0.29) is 24.8 Å². The van der Waals surface area contributed by atoms with E-state index in [1.807, 2.05) is 38.1 Å². The number of carbonyl (C=O) groups is 2. The third-order valence-electron chi connectivity index (χ3n) is 3.27. The summed E-state index contributed by atoms with van der Waals surface area (Å²) in [6.07, 6.45) is 0.753. The highest BCUT2D eigenvalue weighted by molar-refractivity contribution is 5.75. The number of benzene rings is 2. The predicted molar refractivity (Wildman–Crippen MR) is 87.5 cm³/mol. The van der Waals surface area contributed by atoms with Gasteiger partial charge in [0.1, 0.15) is 11.5 Å². The molecule has 4 heteroatoms. The van der Waals surface area contributed by atoms with E-state index in [1.165, 1.54) is 0 Å². The molecule has 0 spiro atoms. The van der Waals surface area contributed by atoms with Crippen LogP contribution in [-0.4, -0.2) is 11.9 Å². The lowest BCUT2D eigenvalue weighted by molar-refractivity contribution is -0.136. The molecule has 2 aromatic carbocycles. The summed E-state index contributed by atoms with van der Waals surface area (Å²) in [5.41, 5.74) is 2.20. The predicted octanol–water partition coefficient (Wildman–Crippen LogP) is 3.98. The van der Waals surface area contributed by atoms with Crippen LogP contribution in [0.25, 0.3) is 0 Å². The van der Waals surface area contributed by atoms with Crippen LogP contribution in [0.4, 0.5) is 0 Å². The number of ether oxygens (including phenoxy) is 2. The molecule has 120 valence electrons. The van der Waals surface area contributed by atoms with Crippen molar-refractivity contribution in [3.05, 3.63) is 59.7 Å². The van der Waals surface area contributed by atoms with Crippen LogP contribution in [0.3, 0.4) is 0 Å². The molecule has 0 radical (unpaired) electrons. The number of hydrogen-bond donors (Lipinski definition) is 0. The molecule has 0 saturated carbocycles. The maximum Gasteiger partial charge on any atom is 0.311 e. The molecule has 0 heterocycles. The highest BCUT2D eigenvalue weighted by Crippen LogP contribution is 2.14. The van der Waals surface area contributed by atoms with Gasteiger partial charge in [-0.1, -0.05) is 35.4 Å². The molecular formula is C19H20O4. The van der Waals surface area contributed by atoms with E-state index in [4.69, 9.17) is 9.47 Å². The van der Waals surface area contributed by atoms with Crippen molar-refractivity contribution in [1.82, 2.24) is 0 Å². The van der Waals surface area contributed by atoms with Gasteiger partial charge in [0.2, 0.25) is 0 Å². The lowest BCUT2D eigenvalue weighted by atomic mass is 10.2. The molecule has 0 N–H and O–H groups in total. The second-order valence-electron chi connectivity index (χ2n) is 5.43. The van der Waals surface area contributed by atoms with Gasteiger partial charge in [0, 0.05) is 12.8 Å². The summed E-state index contributed by atoms with van der Waals surface area (Å²) in [5.74, 6) is 0.333. The van der Waals surface area contributed by atoms with E-state index < -0.39 is 0 Å². The first-order valence-electron chi connectivity index (χ1n) is 7.57. The standard InChI is InChI=1S/C19H20O4/c1-14-6-10-16(11-7-14)22-18(20)4-3-5-19(21)23-17-12-8-15(2)9-13-17/h6-13H,3-5H2,1-2H3. The van der Waals surface area contributed by atoms with Crippen LogP contribution in [0.15, 0.2) is 48.5 Å². The van der Waals surface area contributed by atoms with Gasteiger partial charge in [-0.15, -0.1) is 0 Å². The Balaban J connectivity index is 1.69. The van der Waals surface area contributed by atoms with Crippen LogP contribution in [0, 0.1) is 13.8 Å². The third-order valence-corrected chi connectivity index (χ3v) is 3.27. The number of esters is 2. The zero-order valence-corrected chi connectivity index (χ0v) is 13.4. The van der Waals surface area contributed by atoms with E-state index in [2.05, 4.69) is 0 Å². The Bertz CT molecular complexity index is 597. The first-order valence-corrected chi connectivity index (χ1v) is 7.57. The van der Waals surface area contributed by atoms with Crippen molar-refractivity contribution in [2.45, 2.75) is 33.1 Å². The van der Waals surface area contributed by atoms with Gasteiger partial charge in [-0.05, 0) is 44.5 Å². The van der Waals surface area contributed by atoms with Crippen molar-refractivity contribution in [2.24, 2.45) is 0 Å². The molecule has 0 aliphatic heterocycles. The van der Waals surface area contributed by atoms with Gasteiger partial charge in [-0.2, -0.15) is 0 Å². The Labute approximate surface area is 136 Å². The fraction of sp³-hybridized carbons (Fsp3) is 0.263. The topological polar surface area (TPSA) is 52.6 Å². The Hall–Kier alpha value is -2.62. The van der Waals surface area contributed by atoms with Crippen molar-refractivity contribution in [3.63, 3.8) is 0 Å². The maximum absolute atomic E-state index is 11.7. The van der Waals surface area contributed by atoms with Gasteiger partial charge in [0.05, 0.1) is 0 Å². The van der Waals surface area contributed by atoms with Crippen LogP contribution in [-0.2, 0) is 9.59 Å². The lowest BCUT2D eigenvalue weighted by Gasteiger charge is -2.06. The van der Waals surface area contributed by atoms with Gasteiger partial charge in [-0.25, -0.2) is 0 Å². The van der Waals surface area contributed by atoms with Crippen LogP contribution in [0.1, 0.15) is 30.4 Å². The highest BCUT2D eigenvalue weighted by atomic mass is 16.5. The molecule has 2 rings (SSSR count). The summed E-state index contributed by atoms with van der Waals surface area (Å²) in [5, 5.41) is 0. The number of hydrogen-bond acceptors (Lipinski definition) is 4. The van der Waals surface area contributed by atoms with Crippen LogP contribution in [0.5, 0.6) is 11.5 Å². The largest absolute Gasteiger partial charge is 0.427 e. The summed E-state index contributed by atoms with van der Waals surface area (Å²) >= 11 is 0. The molecule has 2 aromatic rings. The molecule has 0 atom stereocenters. The maximum atomic E-state index is 11.7. The number of carbonyl (C=O) groups excluding carboxylic acids is 2. The second-order valence-corrected chi connectivity index (χ2v) is 5.43. The normalized spacial score (nSPS) is 10.2. The monoisotopic (exact) mass is 312 g/mol. The summed E-state index contributed by atoms with van der Waals surface area (Å²) in [4.78, 5) is 23.4. The SMILES string of the molecule is Cc1ccc(OC(=O)CCCC(=O)Oc2ccc(C)cc2)cc1. The minimum Gasteiger partial charge on any atom is -0.427 e. The van der Waals surface area contributed by atoms with Gasteiger partial charge >= 0.3 is 11.9 Å². The molecule has 4 nitrogen and oxygen atoms in total. The third kappa shape index (κ3) is 5.94. The first-order chi connectivity index (χ1) is 11.0. The Kier molecular flexibility index (Phi) is 5.92. The Morgan fingerprint density at radius 3 is 1.39 bits per heavy atom. The summed E-state index contributed by atoms with van der Waals surface area (Å²) in [6, 6.07) is 14.5. The number of aryl methyl sites for hydroxylation is 2.